The summed E-state index contributed by atoms with van der Waals surface area (Å²) in [6, 6.07) is 6.28. The van der Waals surface area contributed by atoms with Gasteiger partial charge in [0.2, 0.25) is 0 Å². The fourth-order valence-corrected chi connectivity index (χ4v) is 2.18. The second-order valence-electron chi connectivity index (χ2n) is 4.51. The number of benzene rings is 1. The minimum absolute atomic E-state index is 0. The van der Waals surface area contributed by atoms with Crippen molar-refractivity contribution in [3.8, 4) is 5.69 Å². The maximum atomic E-state index is 13.2. The summed E-state index contributed by atoms with van der Waals surface area (Å²) in [5.41, 5.74) is 0.648. The van der Waals surface area contributed by atoms with Gasteiger partial charge in [-0.25, -0.2) is 4.39 Å². The largest absolute Gasteiger partial charge is 0.314 e. The smallest absolute Gasteiger partial charge is 0.170 e. The molecule has 2 heterocycles. The van der Waals surface area contributed by atoms with Crippen LogP contribution in [0.3, 0.4) is 0 Å². The number of hydrogen-bond donors (Lipinski definition) is 1. The molecule has 9 heteroatoms. The van der Waals surface area contributed by atoms with Crippen molar-refractivity contribution in [3.05, 3.63) is 35.9 Å². The second kappa shape index (κ2) is 8.23. The molecule has 1 saturated heterocycles. The predicted molar refractivity (Wildman–Crippen MR) is 81.8 cm³/mol. The van der Waals surface area contributed by atoms with Crippen LogP contribution in [-0.4, -0.2) is 51.3 Å². The minimum atomic E-state index is -0.291. The van der Waals surface area contributed by atoms with Crippen LogP contribution in [0, 0.1) is 5.82 Å². The van der Waals surface area contributed by atoms with E-state index in [0.717, 1.165) is 32.0 Å². The molecular formula is C12H17Cl2FN6. The average molecular weight is 335 g/mol. The molecule has 0 radical (unpaired) electrons. The van der Waals surface area contributed by atoms with Crippen molar-refractivity contribution in [1.82, 2.24) is 30.4 Å². The number of piperazine rings is 1. The maximum absolute atomic E-state index is 13.2. The van der Waals surface area contributed by atoms with Crippen LogP contribution in [0.25, 0.3) is 5.69 Å². The Balaban J connectivity index is 0.00000110. The first-order chi connectivity index (χ1) is 9.33. The Bertz CT molecular complexity index is 558. The van der Waals surface area contributed by atoms with Gasteiger partial charge in [-0.3, -0.25) is 4.90 Å². The Morgan fingerprint density at radius 3 is 2.67 bits per heavy atom. The molecule has 2 aromatic rings. The zero-order chi connectivity index (χ0) is 13.1. The van der Waals surface area contributed by atoms with Gasteiger partial charge in [0.15, 0.2) is 5.82 Å². The SMILES string of the molecule is Cl.Cl.Fc1cccc(-n2nnnc2CN2CCNCC2)c1. The Morgan fingerprint density at radius 2 is 1.95 bits per heavy atom. The lowest BCUT2D eigenvalue weighted by Crippen LogP contribution is -2.43. The highest BCUT2D eigenvalue weighted by Crippen LogP contribution is 2.11. The Hall–Kier alpha value is -1.28. The van der Waals surface area contributed by atoms with Crippen LogP contribution < -0.4 is 5.32 Å². The van der Waals surface area contributed by atoms with E-state index in [4.69, 9.17) is 0 Å². The first-order valence-electron chi connectivity index (χ1n) is 6.29. The second-order valence-corrected chi connectivity index (χ2v) is 4.51. The van der Waals surface area contributed by atoms with Gasteiger partial charge in [0, 0.05) is 26.2 Å². The van der Waals surface area contributed by atoms with Crippen molar-refractivity contribution in [2.45, 2.75) is 6.54 Å². The normalized spacial score (nSPS) is 15.1. The molecule has 21 heavy (non-hydrogen) atoms. The first-order valence-corrected chi connectivity index (χ1v) is 6.29. The summed E-state index contributed by atoms with van der Waals surface area (Å²) in [7, 11) is 0. The standard InChI is InChI=1S/C12H15FN6.2ClH/c13-10-2-1-3-11(8-10)19-12(15-16-17-19)9-18-6-4-14-5-7-18;;/h1-3,8,14H,4-7,9H2;2*1H. The molecule has 1 aliphatic heterocycles. The molecule has 0 unspecified atom stereocenters. The molecule has 1 fully saturated rings. The maximum Gasteiger partial charge on any atom is 0.170 e. The quantitative estimate of drug-likeness (QED) is 0.909. The fraction of sp³-hybridized carbons (Fsp3) is 0.417. The molecule has 1 aromatic carbocycles. The Kier molecular flexibility index (Phi) is 6.97. The van der Waals surface area contributed by atoms with E-state index < -0.39 is 0 Å². The molecule has 1 N–H and O–H groups in total. The van der Waals surface area contributed by atoms with Gasteiger partial charge in [0.25, 0.3) is 0 Å². The van der Waals surface area contributed by atoms with Crippen molar-refractivity contribution >= 4 is 24.8 Å². The highest BCUT2D eigenvalue weighted by molar-refractivity contribution is 5.85. The number of rotatable bonds is 3. The average Bonchev–Trinajstić information content (AvgIpc) is 2.88. The van der Waals surface area contributed by atoms with E-state index in [1.54, 1.807) is 16.8 Å². The molecule has 1 aliphatic rings. The van der Waals surface area contributed by atoms with Gasteiger partial charge in [-0.15, -0.1) is 29.9 Å². The van der Waals surface area contributed by atoms with Gasteiger partial charge >= 0.3 is 0 Å². The number of halogens is 3. The zero-order valence-electron chi connectivity index (χ0n) is 11.3. The fourth-order valence-electron chi connectivity index (χ4n) is 2.18. The summed E-state index contributed by atoms with van der Waals surface area (Å²) in [5.74, 6) is 0.439. The Labute approximate surface area is 134 Å². The molecule has 0 saturated carbocycles. The molecule has 0 aliphatic carbocycles. The van der Waals surface area contributed by atoms with Gasteiger partial charge in [-0.1, -0.05) is 6.07 Å². The van der Waals surface area contributed by atoms with Crippen molar-refractivity contribution in [3.63, 3.8) is 0 Å². The number of nitrogens with zero attached hydrogens (tertiary/aromatic N) is 5. The first kappa shape index (κ1) is 17.8. The van der Waals surface area contributed by atoms with Crippen LogP contribution in [0.2, 0.25) is 0 Å². The Morgan fingerprint density at radius 1 is 1.19 bits per heavy atom. The van der Waals surface area contributed by atoms with Crippen LogP contribution in [0.4, 0.5) is 4.39 Å². The highest BCUT2D eigenvalue weighted by Gasteiger charge is 2.15. The topological polar surface area (TPSA) is 58.9 Å². The van der Waals surface area contributed by atoms with Gasteiger partial charge in [-0.05, 0) is 28.6 Å². The summed E-state index contributed by atoms with van der Waals surface area (Å²) in [5, 5.41) is 15.0. The van der Waals surface area contributed by atoms with Crippen LogP contribution in [0.15, 0.2) is 24.3 Å². The molecule has 3 rings (SSSR count). The highest BCUT2D eigenvalue weighted by atomic mass is 35.5. The third-order valence-electron chi connectivity index (χ3n) is 3.16. The third-order valence-corrected chi connectivity index (χ3v) is 3.16. The van der Waals surface area contributed by atoms with Crippen LogP contribution in [0.1, 0.15) is 5.82 Å². The van der Waals surface area contributed by atoms with Crippen LogP contribution in [-0.2, 0) is 6.54 Å². The van der Waals surface area contributed by atoms with E-state index in [-0.39, 0.29) is 30.6 Å². The summed E-state index contributed by atoms with van der Waals surface area (Å²) < 4.78 is 14.8. The molecule has 116 valence electrons. The van der Waals surface area contributed by atoms with Crippen molar-refractivity contribution in [2.75, 3.05) is 26.2 Å². The lowest BCUT2D eigenvalue weighted by Gasteiger charge is -2.26. The molecule has 0 bridgehead atoms. The molecule has 0 spiro atoms. The van der Waals surface area contributed by atoms with Crippen molar-refractivity contribution in [1.29, 1.82) is 0 Å². The molecule has 0 atom stereocenters. The summed E-state index contributed by atoms with van der Waals surface area (Å²) >= 11 is 0. The van der Waals surface area contributed by atoms with E-state index in [0.29, 0.717) is 12.2 Å². The van der Waals surface area contributed by atoms with E-state index in [1.165, 1.54) is 12.1 Å². The third kappa shape index (κ3) is 4.34. The molecular weight excluding hydrogens is 318 g/mol. The predicted octanol–water partition coefficient (Wildman–Crippen LogP) is 1.05. The lowest BCUT2D eigenvalue weighted by molar-refractivity contribution is 0.226. The molecule has 0 amide bonds. The zero-order valence-corrected chi connectivity index (χ0v) is 12.9. The van der Waals surface area contributed by atoms with E-state index in [2.05, 4.69) is 25.7 Å². The van der Waals surface area contributed by atoms with E-state index >= 15 is 0 Å². The number of nitrogens with one attached hydrogen (secondary N) is 1. The van der Waals surface area contributed by atoms with Gasteiger partial charge in [0.05, 0.1) is 12.2 Å². The molecule has 6 nitrogen and oxygen atoms in total. The van der Waals surface area contributed by atoms with Crippen LogP contribution >= 0.6 is 24.8 Å². The summed E-state index contributed by atoms with van der Waals surface area (Å²) in [4.78, 5) is 2.28. The lowest BCUT2D eigenvalue weighted by atomic mass is 10.3. The van der Waals surface area contributed by atoms with Gasteiger partial charge in [-0.2, -0.15) is 4.68 Å². The summed E-state index contributed by atoms with van der Waals surface area (Å²) in [6.07, 6.45) is 0. The van der Waals surface area contributed by atoms with Crippen molar-refractivity contribution in [2.24, 2.45) is 0 Å². The van der Waals surface area contributed by atoms with Crippen LogP contribution in [0.5, 0.6) is 0 Å². The van der Waals surface area contributed by atoms with E-state index in [9.17, 15) is 4.39 Å². The molecule has 1 aromatic heterocycles. The summed E-state index contributed by atoms with van der Waals surface area (Å²) in [6.45, 7) is 4.56. The van der Waals surface area contributed by atoms with Gasteiger partial charge < -0.3 is 5.32 Å². The number of tetrazole rings is 1. The monoisotopic (exact) mass is 334 g/mol. The van der Waals surface area contributed by atoms with E-state index in [1.807, 2.05) is 0 Å². The number of aromatic nitrogens is 4. The van der Waals surface area contributed by atoms with Crippen molar-refractivity contribution < 1.29 is 4.39 Å². The minimum Gasteiger partial charge on any atom is -0.314 e. The number of hydrogen-bond acceptors (Lipinski definition) is 5. The van der Waals surface area contributed by atoms with Gasteiger partial charge in [0.1, 0.15) is 5.82 Å².